The van der Waals surface area contributed by atoms with Crippen LogP contribution in [0, 0.1) is 0 Å². The van der Waals surface area contributed by atoms with Gasteiger partial charge in [0, 0.05) is 23.2 Å². The highest BCUT2D eigenvalue weighted by molar-refractivity contribution is 6.32. The predicted octanol–water partition coefficient (Wildman–Crippen LogP) is 2.39. The Hall–Kier alpha value is -1.02. The van der Waals surface area contributed by atoms with Gasteiger partial charge in [-0.15, -0.1) is 0 Å². The Morgan fingerprint density at radius 2 is 2.29 bits per heavy atom. The van der Waals surface area contributed by atoms with Crippen LogP contribution in [-0.2, 0) is 11.2 Å². The van der Waals surface area contributed by atoms with Gasteiger partial charge >= 0.3 is 0 Å². The summed E-state index contributed by atoms with van der Waals surface area (Å²) in [6.45, 7) is 0. The molecule has 0 aliphatic carbocycles. The zero-order chi connectivity index (χ0) is 9.71. The molecule has 0 N–H and O–H groups in total. The van der Waals surface area contributed by atoms with Crippen LogP contribution in [0.25, 0.3) is 0 Å². The number of amides is 1. The fraction of sp³-hybridized carbons (Fsp3) is 0.364. The van der Waals surface area contributed by atoms with Crippen molar-refractivity contribution in [2.24, 2.45) is 0 Å². The van der Waals surface area contributed by atoms with Gasteiger partial charge in [0.2, 0.25) is 5.91 Å². The van der Waals surface area contributed by atoms with Crippen molar-refractivity contribution >= 4 is 23.2 Å². The van der Waals surface area contributed by atoms with E-state index >= 15 is 0 Å². The largest absolute Gasteiger partial charge is 0.309 e. The Bertz CT molecular complexity index is 416. The van der Waals surface area contributed by atoms with E-state index in [1.165, 1.54) is 0 Å². The molecule has 1 fully saturated rings. The van der Waals surface area contributed by atoms with Crippen LogP contribution >= 0.6 is 11.6 Å². The molecule has 1 saturated heterocycles. The van der Waals surface area contributed by atoms with Gasteiger partial charge in [-0.25, -0.2) is 0 Å². The van der Waals surface area contributed by atoms with Crippen LogP contribution < -0.4 is 4.90 Å². The molecule has 0 spiro atoms. The minimum Gasteiger partial charge on any atom is -0.309 e. The highest BCUT2D eigenvalue weighted by Gasteiger charge is 2.39. The van der Waals surface area contributed by atoms with Gasteiger partial charge in [0.05, 0.1) is 0 Å². The third-order valence-electron chi connectivity index (χ3n) is 3.12. The fourth-order valence-corrected chi connectivity index (χ4v) is 2.73. The Kier molecular flexibility index (Phi) is 1.62. The highest BCUT2D eigenvalue weighted by Crippen LogP contribution is 2.41. The number of carbonyl (C=O) groups excluding carboxylic acids is 1. The summed E-state index contributed by atoms with van der Waals surface area (Å²) in [6, 6.07) is 6.17. The number of rotatable bonds is 0. The third kappa shape index (κ3) is 0.947. The maximum absolute atomic E-state index is 11.6. The minimum absolute atomic E-state index is 0.246. The van der Waals surface area contributed by atoms with Gasteiger partial charge in [0.15, 0.2) is 0 Å². The number of hydrogen-bond acceptors (Lipinski definition) is 1. The molecule has 0 aromatic heterocycles. The minimum atomic E-state index is 0.246. The molecule has 0 radical (unpaired) electrons. The van der Waals surface area contributed by atoms with Crippen molar-refractivity contribution in [2.75, 3.05) is 4.90 Å². The average molecular weight is 208 g/mol. The molecule has 2 aliphatic heterocycles. The molecule has 2 heterocycles. The van der Waals surface area contributed by atoms with Crippen molar-refractivity contribution in [3.8, 4) is 0 Å². The van der Waals surface area contributed by atoms with Gasteiger partial charge in [-0.05, 0) is 30.5 Å². The van der Waals surface area contributed by atoms with Crippen molar-refractivity contribution in [1.82, 2.24) is 0 Å². The number of anilines is 1. The first kappa shape index (κ1) is 8.30. The molecule has 14 heavy (non-hydrogen) atoms. The summed E-state index contributed by atoms with van der Waals surface area (Å²) >= 11 is 6.09. The van der Waals surface area contributed by atoms with E-state index in [4.69, 9.17) is 11.6 Å². The Morgan fingerprint density at radius 3 is 3.14 bits per heavy atom. The van der Waals surface area contributed by atoms with Crippen molar-refractivity contribution in [3.05, 3.63) is 28.8 Å². The number of nitrogens with zero attached hydrogens (tertiary/aromatic N) is 1. The Labute approximate surface area is 87.5 Å². The van der Waals surface area contributed by atoms with Crippen LogP contribution in [0.3, 0.4) is 0 Å². The summed E-state index contributed by atoms with van der Waals surface area (Å²) < 4.78 is 0. The second-order valence-corrected chi connectivity index (χ2v) is 4.31. The molecule has 1 amide bonds. The first-order chi connectivity index (χ1) is 6.77. The van der Waals surface area contributed by atoms with Gasteiger partial charge in [-0.1, -0.05) is 17.7 Å². The van der Waals surface area contributed by atoms with Gasteiger partial charge in [0.1, 0.15) is 0 Å². The smallest absolute Gasteiger partial charge is 0.227 e. The summed E-state index contributed by atoms with van der Waals surface area (Å²) in [7, 11) is 0. The first-order valence-corrected chi connectivity index (χ1v) is 5.24. The topological polar surface area (TPSA) is 20.3 Å². The van der Waals surface area contributed by atoms with E-state index in [9.17, 15) is 4.79 Å². The molecule has 3 rings (SSSR count). The zero-order valence-corrected chi connectivity index (χ0v) is 8.42. The van der Waals surface area contributed by atoms with Crippen LogP contribution in [0.5, 0.6) is 0 Å². The molecule has 2 aliphatic rings. The van der Waals surface area contributed by atoms with E-state index in [0.29, 0.717) is 12.5 Å². The van der Waals surface area contributed by atoms with E-state index in [0.717, 1.165) is 29.1 Å². The molecule has 2 nitrogen and oxygen atoms in total. The number of carbonyl (C=O) groups is 1. The van der Waals surface area contributed by atoms with Crippen molar-refractivity contribution in [1.29, 1.82) is 0 Å². The monoisotopic (exact) mass is 207 g/mol. The van der Waals surface area contributed by atoms with Crippen LogP contribution in [0.15, 0.2) is 18.2 Å². The standard InChI is InChI=1S/C11H10ClNO/c12-9-2-1-3-10-8(9)6-7-4-5-11(14)13(7)10/h1-3,7H,4-6H2. The second-order valence-electron chi connectivity index (χ2n) is 3.90. The lowest BCUT2D eigenvalue weighted by Gasteiger charge is -2.15. The Balaban J connectivity index is 2.16. The van der Waals surface area contributed by atoms with Crippen LogP contribution in [0.2, 0.25) is 5.02 Å². The van der Waals surface area contributed by atoms with Gasteiger partial charge in [-0.3, -0.25) is 4.79 Å². The predicted molar refractivity (Wildman–Crippen MR) is 55.7 cm³/mol. The molecule has 1 atom stereocenters. The van der Waals surface area contributed by atoms with E-state index in [1.807, 2.05) is 23.1 Å². The van der Waals surface area contributed by atoms with Crippen LogP contribution in [0.1, 0.15) is 18.4 Å². The summed E-state index contributed by atoms with van der Waals surface area (Å²) in [4.78, 5) is 13.5. The summed E-state index contributed by atoms with van der Waals surface area (Å²) in [5, 5.41) is 0.796. The molecular formula is C11H10ClNO. The van der Waals surface area contributed by atoms with Crippen LogP contribution in [0.4, 0.5) is 5.69 Å². The van der Waals surface area contributed by atoms with Crippen molar-refractivity contribution < 1.29 is 4.79 Å². The fourth-order valence-electron chi connectivity index (χ4n) is 2.48. The maximum Gasteiger partial charge on any atom is 0.227 e. The van der Waals surface area contributed by atoms with Crippen LogP contribution in [-0.4, -0.2) is 11.9 Å². The van der Waals surface area contributed by atoms with Crippen molar-refractivity contribution in [3.63, 3.8) is 0 Å². The van der Waals surface area contributed by atoms with Crippen molar-refractivity contribution in [2.45, 2.75) is 25.3 Å². The first-order valence-electron chi connectivity index (χ1n) is 4.87. The summed E-state index contributed by atoms with van der Waals surface area (Å²) in [5.74, 6) is 0.246. The second kappa shape index (κ2) is 2.74. The zero-order valence-electron chi connectivity index (χ0n) is 7.66. The molecule has 3 heteroatoms. The number of benzene rings is 1. The summed E-state index contributed by atoms with van der Waals surface area (Å²) in [5.41, 5.74) is 2.18. The SMILES string of the molecule is O=C1CCC2Cc3c(Cl)cccc3N12. The van der Waals surface area contributed by atoms with Gasteiger partial charge in [-0.2, -0.15) is 0 Å². The molecule has 0 bridgehead atoms. The van der Waals surface area contributed by atoms with E-state index in [2.05, 4.69) is 0 Å². The number of fused-ring (bicyclic) bond motifs is 3. The Morgan fingerprint density at radius 1 is 1.43 bits per heavy atom. The van der Waals surface area contributed by atoms with Gasteiger partial charge in [0.25, 0.3) is 0 Å². The molecular weight excluding hydrogens is 198 g/mol. The molecule has 1 aromatic carbocycles. The van der Waals surface area contributed by atoms with Gasteiger partial charge < -0.3 is 4.90 Å². The number of halogens is 1. The third-order valence-corrected chi connectivity index (χ3v) is 3.47. The van der Waals surface area contributed by atoms with E-state index in [1.54, 1.807) is 0 Å². The number of hydrogen-bond donors (Lipinski definition) is 0. The van der Waals surface area contributed by atoms with E-state index in [-0.39, 0.29) is 5.91 Å². The molecule has 72 valence electrons. The quantitative estimate of drug-likeness (QED) is 0.640. The lowest BCUT2D eigenvalue weighted by atomic mass is 10.1. The molecule has 1 aromatic rings. The molecule has 0 saturated carbocycles. The highest BCUT2D eigenvalue weighted by atomic mass is 35.5. The van der Waals surface area contributed by atoms with E-state index < -0.39 is 0 Å². The maximum atomic E-state index is 11.6. The summed E-state index contributed by atoms with van der Waals surface area (Å²) in [6.07, 6.45) is 2.60. The lowest BCUT2D eigenvalue weighted by molar-refractivity contribution is -0.117. The normalized spacial score (nSPS) is 23.9. The lowest BCUT2D eigenvalue weighted by Crippen LogP contribution is -2.28. The molecule has 1 unspecified atom stereocenters. The average Bonchev–Trinajstić information content (AvgIpc) is 2.68.